The lowest BCUT2D eigenvalue weighted by molar-refractivity contribution is -0.144. The number of rotatable bonds is 10. The molecule has 1 aromatic carbocycles. The van der Waals surface area contributed by atoms with Crippen LogP contribution in [0.1, 0.15) is 35.7 Å². The lowest BCUT2D eigenvalue weighted by Gasteiger charge is -2.22. The van der Waals surface area contributed by atoms with Crippen molar-refractivity contribution in [2.24, 2.45) is 0 Å². The molecule has 0 atom stereocenters. The number of benzene rings is 1. The Morgan fingerprint density at radius 3 is 2.73 bits per heavy atom. The molecule has 2 rings (SSSR count). The summed E-state index contributed by atoms with van der Waals surface area (Å²) in [6, 6.07) is 7.40. The van der Waals surface area contributed by atoms with Gasteiger partial charge >= 0.3 is 5.97 Å². The monoisotopic (exact) mass is 479 g/mol. The number of amides is 2. The largest absolute Gasteiger partial charge is 0.466 e. The maximum Gasteiger partial charge on any atom is 0.307 e. The van der Waals surface area contributed by atoms with Gasteiger partial charge in [0.1, 0.15) is 5.82 Å². The third kappa shape index (κ3) is 7.55. The molecule has 0 saturated heterocycles. The lowest BCUT2D eigenvalue weighted by atomic mass is 10.2. The van der Waals surface area contributed by atoms with Gasteiger partial charge in [0, 0.05) is 42.9 Å². The zero-order valence-electron chi connectivity index (χ0n) is 16.6. The Balaban J connectivity index is 1.94. The van der Waals surface area contributed by atoms with E-state index in [0.29, 0.717) is 4.47 Å². The van der Waals surface area contributed by atoms with Crippen LogP contribution in [0.5, 0.6) is 0 Å². The molecular formula is C21H23BrFN3O4. The van der Waals surface area contributed by atoms with Crippen molar-refractivity contribution >= 4 is 33.7 Å². The summed E-state index contributed by atoms with van der Waals surface area (Å²) < 4.78 is 18.8. The van der Waals surface area contributed by atoms with E-state index in [1.165, 1.54) is 17.0 Å². The molecule has 7 nitrogen and oxygen atoms in total. The van der Waals surface area contributed by atoms with E-state index in [1.807, 2.05) is 6.07 Å². The second-order valence-corrected chi connectivity index (χ2v) is 7.22. The Morgan fingerprint density at radius 1 is 1.23 bits per heavy atom. The average Bonchev–Trinajstić information content (AvgIpc) is 2.73. The highest BCUT2D eigenvalue weighted by Crippen LogP contribution is 2.17. The number of hydrogen-bond donors (Lipinski definition) is 1. The van der Waals surface area contributed by atoms with Crippen molar-refractivity contribution in [3.05, 3.63) is 64.1 Å². The van der Waals surface area contributed by atoms with E-state index in [4.69, 9.17) is 4.74 Å². The molecule has 1 aromatic heterocycles. The molecule has 1 N–H and O–H groups in total. The Hall–Kier alpha value is -2.81. The van der Waals surface area contributed by atoms with Crippen LogP contribution in [0, 0.1) is 5.82 Å². The Morgan fingerprint density at radius 2 is 2.03 bits per heavy atom. The molecule has 0 aliphatic heterocycles. The van der Waals surface area contributed by atoms with Gasteiger partial charge in [0.05, 0.1) is 18.6 Å². The summed E-state index contributed by atoms with van der Waals surface area (Å²) in [5.41, 5.74) is 0.972. The summed E-state index contributed by atoms with van der Waals surface area (Å²) >= 11 is 3.21. The van der Waals surface area contributed by atoms with E-state index in [2.05, 4.69) is 26.2 Å². The van der Waals surface area contributed by atoms with Crippen LogP contribution in [0.4, 0.5) is 4.39 Å². The van der Waals surface area contributed by atoms with Gasteiger partial charge in [-0.25, -0.2) is 4.39 Å². The van der Waals surface area contributed by atoms with Gasteiger partial charge in [-0.1, -0.05) is 6.07 Å². The lowest BCUT2D eigenvalue weighted by Crippen LogP contribution is -2.36. The summed E-state index contributed by atoms with van der Waals surface area (Å²) in [5.74, 6) is -1.63. The van der Waals surface area contributed by atoms with Crippen LogP contribution in [-0.4, -0.2) is 47.4 Å². The quantitative estimate of drug-likeness (QED) is 0.529. The molecule has 2 aromatic rings. The van der Waals surface area contributed by atoms with Crippen molar-refractivity contribution in [2.45, 2.75) is 26.3 Å². The van der Waals surface area contributed by atoms with E-state index >= 15 is 0 Å². The van der Waals surface area contributed by atoms with Gasteiger partial charge in [0.15, 0.2) is 0 Å². The predicted octanol–water partition coefficient (Wildman–Crippen LogP) is 3.09. The number of aromatic nitrogens is 1. The summed E-state index contributed by atoms with van der Waals surface area (Å²) in [5, 5.41) is 2.61. The second-order valence-electron chi connectivity index (χ2n) is 6.36. The third-order valence-corrected chi connectivity index (χ3v) is 4.83. The van der Waals surface area contributed by atoms with Gasteiger partial charge in [0.25, 0.3) is 5.91 Å². The van der Waals surface area contributed by atoms with E-state index in [-0.39, 0.29) is 56.5 Å². The molecule has 0 unspecified atom stereocenters. The summed E-state index contributed by atoms with van der Waals surface area (Å²) in [4.78, 5) is 42.2. The number of halogens is 2. The minimum absolute atomic E-state index is 0.0295. The van der Waals surface area contributed by atoms with E-state index < -0.39 is 11.7 Å². The SMILES string of the molecule is CCOC(=O)CCN(Cc1cccnc1)C(=O)CCNC(=O)c1cc(F)ccc1Br. The van der Waals surface area contributed by atoms with Crippen LogP contribution in [0.3, 0.4) is 0 Å². The zero-order valence-corrected chi connectivity index (χ0v) is 18.2. The molecule has 1 heterocycles. The van der Waals surface area contributed by atoms with Gasteiger partial charge < -0.3 is 15.0 Å². The summed E-state index contributed by atoms with van der Waals surface area (Å²) in [6.07, 6.45) is 3.38. The van der Waals surface area contributed by atoms with Crippen LogP contribution < -0.4 is 5.32 Å². The van der Waals surface area contributed by atoms with Gasteiger partial charge in [-0.3, -0.25) is 19.4 Å². The summed E-state index contributed by atoms with van der Waals surface area (Å²) in [7, 11) is 0. The number of esters is 1. The Labute approximate surface area is 182 Å². The molecule has 30 heavy (non-hydrogen) atoms. The molecule has 0 aliphatic carbocycles. The van der Waals surface area contributed by atoms with Gasteiger partial charge in [-0.05, 0) is 52.7 Å². The summed E-state index contributed by atoms with van der Waals surface area (Å²) in [6.45, 7) is 2.54. The first kappa shape index (κ1) is 23.5. The maximum atomic E-state index is 13.4. The Kier molecular flexibility index (Phi) is 9.40. The van der Waals surface area contributed by atoms with Crippen molar-refractivity contribution in [3.8, 4) is 0 Å². The smallest absolute Gasteiger partial charge is 0.307 e. The molecule has 9 heteroatoms. The van der Waals surface area contributed by atoms with E-state index in [1.54, 1.807) is 25.4 Å². The van der Waals surface area contributed by atoms with Crippen LogP contribution in [0.15, 0.2) is 47.2 Å². The molecule has 0 spiro atoms. The van der Waals surface area contributed by atoms with Crippen LogP contribution in [0.2, 0.25) is 0 Å². The molecule has 0 fully saturated rings. The first-order chi connectivity index (χ1) is 14.4. The fourth-order valence-corrected chi connectivity index (χ4v) is 3.10. The number of carbonyl (C=O) groups is 3. The normalized spacial score (nSPS) is 10.4. The molecule has 0 radical (unpaired) electrons. The van der Waals surface area contributed by atoms with Crippen LogP contribution in [0.25, 0.3) is 0 Å². The number of carbonyl (C=O) groups excluding carboxylic acids is 3. The second kappa shape index (κ2) is 12.0. The minimum atomic E-state index is -0.527. The molecule has 160 valence electrons. The van der Waals surface area contributed by atoms with Gasteiger partial charge in [-0.15, -0.1) is 0 Å². The maximum absolute atomic E-state index is 13.4. The highest BCUT2D eigenvalue weighted by Gasteiger charge is 2.17. The van der Waals surface area contributed by atoms with Crippen LogP contribution >= 0.6 is 15.9 Å². The predicted molar refractivity (Wildman–Crippen MR) is 112 cm³/mol. The molecule has 0 saturated carbocycles. The van der Waals surface area contributed by atoms with E-state index in [9.17, 15) is 18.8 Å². The highest BCUT2D eigenvalue weighted by molar-refractivity contribution is 9.10. The van der Waals surface area contributed by atoms with Gasteiger partial charge in [0.2, 0.25) is 5.91 Å². The number of nitrogens with one attached hydrogen (secondary N) is 1. The fraction of sp³-hybridized carbons (Fsp3) is 0.333. The van der Waals surface area contributed by atoms with Gasteiger partial charge in [-0.2, -0.15) is 0 Å². The standard InChI is InChI=1S/C21H23BrFN3O4/c1-2-30-20(28)8-11-26(14-15-4-3-9-24-13-15)19(27)7-10-25-21(29)17-12-16(23)5-6-18(17)22/h3-6,9,12-13H,2,7-8,10-11,14H2,1H3,(H,25,29). The number of ether oxygens (including phenoxy) is 1. The minimum Gasteiger partial charge on any atom is -0.466 e. The molecular weight excluding hydrogens is 457 g/mol. The van der Waals surface area contributed by atoms with Crippen molar-refractivity contribution in [1.29, 1.82) is 0 Å². The molecule has 0 aliphatic rings. The number of nitrogens with zero attached hydrogens (tertiary/aromatic N) is 2. The first-order valence-corrected chi connectivity index (χ1v) is 10.3. The molecule has 0 bridgehead atoms. The van der Waals surface area contributed by atoms with Crippen molar-refractivity contribution in [2.75, 3.05) is 19.7 Å². The number of hydrogen-bond acceptors (Lipinski definition) is 5. The average molecular weight is 480 g/mol. The van der Waals surface area contributed by atoms with Crippen molar-refractivity contribution in [1.82, 2.24) is 15.2 Å². The van der Waals surface area contributed by atoms with E-state index in [0.717, 1.165) is 11.6 Å². The van der Waals surface area contributed by atoms with Crippen LogP contribution in [-0.2, 0) is 20.9 Å². The Bertz CT molecular complexity index is 880. The van der Waals surface area contributed by atoms with Crippen molar-refractivity contribution in [3.63, 3.8) is 0 Å². The fourth-order valence-electron chi connectivity index (χ4n) is 2.67. The zero-order chi connectivity index (χ0) is 21.9. The molecule has 2 amide bonds. The van der Waals surface area contributed by atoms with Crippen molar-refractivity contribution < 1.29 is 23.5 Å². The first-order valence-electron chi connectivity index (χ1n) is 9.46. The topological polar surface area (TPSA) is 88.6 Å². The number of pyridine rings is 1. The highest BCUT2D eigenvalue weighted by atomic mass is 79.9. The third-order valence-electron chi connectivity index (χ3n) is 4.14.